The summed E-state index contributed by atoms with van der Waals surface area (Å²) in [5.74, 6) is 0.588. The summed E-state index contributed by atoms with van der Waals surface area (Å²) >= 11 is 2.70. The van der Waals surface area contributed by atoms with Gasteiger partial charge in [0.15, 0.2) is 8.32 Å². The molecule has 1 aliphatic rings. The van der Waals surface area contributed by atoms with Gasteiger partial charge in [0.1, 0.15) is 11.9 Å². The maximum atomic E-state index is 13.4. The molecule has 7 rings (SSSR count). The van der Waals surface area contributed by atoms with Crippen LogP contribution in [0.1, 0.15) is 85.8 Å². The molecular weight excluding hydrogens is 827 g/mol. The van der Waals surface area contributed by atoms with Crippen molar-refractivity contribution in [3.8, 4) is 17.1 Å². The fraction of sp³-hybridized carbons (Fsp3) is 0.435. The summed E-state index contributed by atoms with van der Waals surface area (Å²) in [4.78, 5) is 36.5. The number of hydrogen-bond acceptors (Lipinski definition) is 13. The SMILES string of the molecule is CN(CCCc1nc(-c2ccc(CNC[C@H](O[Si](C)(C)C(C)(C)C)c3ccc(O)c4[nH]c(=O)ccc34)cc2)no1)C1CCC(OC(=O)C(O)(c2cccs2)c2cccs2)CC1. The number of carbonyl (C=O) groups excluding carboxylic acids is 1. The number of nitrogens with zero attached hydrogens (tertiary/aromatic N) is 3. The molecule has 1 fully saturated rings. The van der Waals surface area contributed by atoms with Gasteiger partial charge in [-0.2, -0.15) is 4.98 Å². The number of rotatable bonds is 17. The molecule has 15 heteroatoms. The van der Waals surface area contributed by atoms with Crippen LogP contribution >= 0.6 is 22.7 Å². The van der Waals surface area contributed by atoms with Crippen molar-refractivity contribution in [3.05, 3.63) is 121 Å². The summed E-state index contributed by atoms with van der Waals surface area (Å²) < 4.78 is 18.6. The van der Waals surface area contributed by atoms with E-state index >= 15 is 0 Å². The molecule has 0 spiro atoms. The number of aromatic nitrogens is 3. The van der Waals surface area contributed by atoms with Crippen molar-refractivity contribution in [1.29, 1.82) is 0 Å². The summed E-state index contributed by atoms with van der Waals surface area (Å²) in [5.41, 5.74) is 1.24. The van der Waals surface area contributed by atoms with Crippen molar-refractivity contribution < 1.29 is 28.7 Å². The molecule has 0 radical (unpaired) electrons. The molecule has 4 N–H and O–H groups in total. The Morgan fingerprint density at radius 1 is 1.00 bits per heavy atom. The van der Waals surface area contributed by atoms with Crippen LogP contribution in [0, 0.1) is 0 Å². The second-order valence-electron chi connectivity index (χ2n) is 17.6. The number of esters is 1. The molecule has 1 aliphatic carbocycles. The van der Waals surface area contributed by atoms with Gasteiger partial charge >= 0.3 is 5.97 Å². The molecule has 4 aromatic heterocycles. The maximum absolute atomic E-state index is 13.4. The van der Waals surface area contributed by atoms with Crippen molar-refractivity contribution >= 4 is 47.9 Å². The summed E-state index contributed by atoms with van der Waals surface area (Å²) in [6.45, 7) is 13.1. The van der Waals surface area contributed by atoms with Crippen LogP contribution in [-0.4, -0.2) is 76.8 Å². The van der Waals surface area contributed by atoms with E-state index in [-0.39, 0.29) is 28.6 Å². The molecule has 1 saturated carbocycles. The molecule has 1 atom stereocenters. The Hall–Kier alpha value is -4.48. The lowest BCUT2D eigenvalue weighted by Crippen LogP contribution is -2.43. The zero-order valence-corrected chi connectivity index (χ0v) is 38.4. The van der Waals surface area contributed by atoms with Gasteiger partial charge < -0.3 is 39.1 Å². The van der Waals surface area contributed by atoms with Gasteiger partial charge in [-0.25, -0.2) is 4.79 Å². The number of phenolic OH excluding ortho intramolecular Hbond substituents is 1. The van der Waals surface area contributed by atoms with Gasteiger partial charge in [-0.3, -0.25) is 4.79 Å². The number of thiophene rings is 2. The van der Waals surface area contributed by atoms with Crippen molar-refractivity contribution in [2.24, 2.45) is 0 Å². The minimum absolute atomic E-state index is 0.0133. The maximum Gasteiger partial charge on any atom is 0.349 e. The van der Waals surface area contributed by atoms with Crippen LogP contribution < -0.4 is 10.9 Å². The fourth-order valence-corrected chi connectivity index (χ4v) is 10.7. The van der Waals surface area contributed by atoms with E-state index < -0.39 is 19.9 Å². The first-order valence-corrected chi connectivity index (χ1v) is 25.7. The number of pyridine rings is 1. The molecule has 61 heavy (non-hydrogen) atoms. The van der Waals surface area contributed by atoms with Crippen molar-refractivity contribution in [2.75, 3.05) is 20.1 Å². The van der Waals surface area contributed by atoms with Gasteiger partial charge in [0, 0.05) is 42.6 Å². The Balaban J connectivity index is 0.878. The molecule has 4 heterocycles. The number of aliphatic hydroxyl groups is 1. The number of benzene rings is 2. The first-order chi connectivity index (χ1) is 29.1. The molecule has 0 unspecified atom stereocenters. The number of ether oxygens (including phenoxy) is 1. The Morgan fingerprint density at radius 3 is 2.33 bits per heavy atom. The largest absolute Gasteiger partial charge is 0.506 e. The summed E-state index contributed by atoms with van der Waals surface area (Å²) in [6.07, 6.45) is 4.32. The van der Waals surface area contributed by atoms with E-state index in [0.29, 0.717) is 52.5 Å². The van der Waals surface area contributed by atoms with E-state index in [9.17, 15) is 19.8 Å². The van der Waals surface area contributed by atoms with Gasteiger partial charge in [0.25, 0.3) is 0 Å². The standard InChI is InChI=1S/C46H57N5O7S2Si/c1-45(2,3)61(5,6)58-37(34-21-23-36(52)42-35(34)22-24-40(53)48-42)29-47-28-30-13-15-31(16-14-30)43-49-41(57-50-43)12-7-25-51(4)32-17-19-33(20-18-32)56-44(54)46(55,38-10-8-26-59-38)39-11-9-27-60-39/h8-11,13-16,21-24,26-27,32-33,37,47,52,55H,7,12,17-20,25,28-29H2,1-6H3,(H,48,53)/t32?,33?,37-/m0/s1. The number of aryl methyl sites for hydroxylation is 1. The van der Waals surface area contributed by atoms with Crippen LogP contribution in [0.25, 0.3) is 22.3 Å². The monoisotopic (exact) mass is 883 g/mol. The van der Waals surface area contributed by atoms with Gasteiger partial charge in [-0.1, -0.05) is 68.4 Å². The van der Waals surface area contributed by atoms with Gasteiger partial charge in [0.05, 0.1) is 21.4 Å². The molecule has 6 aromatic rings. The average Bonchev–Trinajstić information content (AvgIpc) is 4.06. The molecule has 0 bridgehead atoms. The fourth-order valence-electron chi connectivity index (χ4n) is 7.67. The van der Waals surface area contributed by atoms with Crippen LogP contribution in [0.3, 0.4) is 0 Å². The number of hydrogen-bond donors (Lipinski definition) is 4. The lowest BCUT2D eigenvalue weighted by atomic mass is 9.91. The third kappa shape index (κ3) is 10.3. The summed E-state index contributed by atoms with van der Waals surface area (Å²) in [6, 6.07) is 22.5. The smallest absolute Gasteiger partial charge is 0.349 e. The van der Waals surface area contributed by atoms with Gasteiger partial charge in [-0.05, 0) is 110 Å². The molecule has 0 saturated heterocycles. The highest BCUT2D eigenvalue weighted by Crippen LogP contribution is 2.42. The van der Waals surface area contributed by atoms with Gasteiger partial charge in [-0.15, -0.1) is 22.7 Å². The molecule has 2 aromatic carbocycles. The quantitative estimate of drug-likeness (QED) is 0.0511. The average molecular weight is 884 g/mol. The van der Waals surface area contributed by atoms with Crippen molar-refractivity contribution in [3.63, 3.8) is 0 Å². The van der Waals surface area contributed by atoms with E-state index in [2.05, 4.69) is 73.4 Å². The molecule has 324 valence electrons. The Bertz CT molecular complexity index is 2380. The van der Waals surface area contributed by atoms with E-state index in [0.717, 1.165) is 60.7 Å². The zero-order chi connectivity index (χ0) is 43.4. The number of nitrogens with one attached hydrogen (secondary N) is 2. The lowest BCUT2D eigenvalue weighted by molar-refractivity contribution is -0.169. The second-order valence-corrected chi connectivity index (χ2v) is 24.2. The number of carbonyl (C=O) groups is 1. The third-order valence-corrected chi connectivity index (χ3v) is 18.8. The van der Waals surface area contributed by atoms with E-state index in [1.807, 2.05) is 41.1 Å². The van der Waals surface area contributed by atoms with E-state index in [1.165, 1.54) is 28.7 Å². The molecule has 0 amide bonds. The van der Waals surface area contributed by atoms with Crippen molar-refractivity contribution in [1.82, 2.24) is 25.3 Å². The molecule has 0 aliphatic heterocycles. The predicted molar refractivity (Wildman–Crippen MR) is 243 cm³/mol. The Labute approximate surface area is 366 Å². The summed E-state index contributed by atoms with van der Waals surface area (Å²) in [7, 11) is -0.0644. The normalized spacial score (nSPS) is 16.9. The van der Waals surface area contributed by atoms with Crippen LogP contribution in [0.15, 0.2) is 92.9 Å². The Morgan fingerprint density at radius 2 is 1.69 bits per heavy atom. The number of H-pyrrole nitrogens is 1. The number of phenols is 1. The molecule has 12 nitrogen and oxygen atoms in total. The van der Waals surface area contributed by atoms with Gasteiger partial charge in [0.2, 0.25) is 22.9 Å². The number of aromatic amines is 1. The highest BCUT2D eigenvalue weighted by molar-refractivity contribution is 7.12. The zero-order valence-electron chi connectivity index (χ0n) is 35.8. The molecular formula is C46H57N5O7S2Si. The summed E-state index contributed by atoms with van der Waals surface area (Å²) in [5, 5.41) is 34.4. The first kappa shape index (κ1) is 44.6. The third-order valence-electron chi connectivity index (χ3n) is 12.3. The lowest BCUT2D eigenvalue weighted by Gasteiger charge is -2.39. The number of aromatic hydroxyl groups is 1. The van der Waals surface area contributed by atoms with E-state index in [1.54, 1.807) is 24.3 Å². The van der Waals surface area contributed by atoms with Crippen LogP contribution in [-0.2, 0) is 32.5 Å². The minimum Gasteiger partial charge on any atom is -0.506 e. The highest BCUT2D eigenvalue weighted by atomic mass is 32.1. The number of fused-ring (bicyclic) bond motifs is 1. The predicted octanol–water partition coefficient (Wildman–Crippen LogP) is 8.91. The Kier molecular flexibility index (Phi) is 13.8. The van der Waals surface area contributed by atoms with E-state index in [4.69, 9.17) is 18.7 Å². The second kappa shape index (κ2) is 18.9. The van der Waals surface area contributed by atoms with Crippen LogP contribution in [0.5, 0.6) is 5.75 Å². The van der Waals surface area contributed by atoms with Crippen LogP contribution in [0.4, 0.5) is 0 Å². The highest BCUT2D eigenvalue weighted by Gasteiger charge is 2.45. The van der Waals surface area contributed by atoms with Crippen molar-refractivity contribution in [2.45, 2.75) is 108 Å². The van der Waals surface area contributed by atoms with Crippen LogP contribution in [0.2, 0.25) is 18.1 Å². The first-order valence-electron chi connectivity index (χ1n) is 21.0. The topological polar surface area (TPSA) is 163 Å². The minimum atomic E-state index is -2.20.